The van der Waals surface area contributed by atoms with Gasteiger partial charge in [0.25, 0.3) is 11.6 Å². The summed E-state index contributed by atoms with van der Waals surface area (Å²) in [6.07, 6.45) is 0. The van der Waals surface area contributed by atoms with Gasteiger partial charge < -0.3 is 10.1 Å². The number of nitrogens with one attached hydrogen (secondary N) is 1. The highest BCUT2D eigenvalue weighted by atomic mass is 35.5. The van der Waals surface area contributed by atoms with E-state index in [1.807, 2.05) is 0 Å². The molecule has 0 aliphatic heterocycles. The summed E-state index contributed by atoms with van der Waals surface area (Å²) < 4.78 is 5.02. The first kappa shape index (κ1) is 22.6. The zero-order chi connectivity index (χ0) is 23.3. The Hall–Kier alpha value is -4.04. The number of nitrogens with zero attached hydrogens (tertiary/aromatic N) is 1. The van der Waals surface area contributed by atoms with Gasteiger partial charge in [-0.2, -0.15) is 0 Å². The summed E-state index contributed by atoms with van der Waals surface area (Å²) in [6, 6.07) is 16.4. The minimum Gasteiger partial charge on any atom is -0.454 e. The molecule has 0 aliphatic rings. The van der Waals surface area contributed by atoms with Gasteiger partial charge in [0.2, 0.25) is 5.78 Å². The van der Waals surface area contributed by atoms with Gasteiger partial charge in [0.1, 0.15) is 0 Å². The highest BCUT2D eigenvalue weighted by Gasteiger charge is 2.17. The van der Waals surface area contributed by atoms with Crippen LogP contribution in [0.15, 0.2) is 66.7 Å². The first-order chi connectivity index (χ1) is 15.2. The van der Waals surface area contributed by atoms with Crippen molar-refractivity contribution in [3.8, 4) is 0 Å². The number of Topliss-reactive ketones (excluding diaryl/α,β-unsaturated/α-hetero) is 1. The normalized spacial score (nSPS) is 10.3. The lowest BCUT2D eigenvalue weighted by Gasteiger charge is -2.08. The van der Waals surface area contributed by atoms with Crippen LogP contribution < -0.4 is 5.32 Å². The average molecular weight is 453 g/mol. The summed E-state index contributed by atoms with van der Waals surface area (Å²) in [4.78, 5) is 47.1. The second-order valence-electron chi connectivity index (χ2n) is 6.80. The highest BCUT2D eigenvalue weighted by Crippen LogP contribution is 2.20. The number of nitro benzene ring substituents is 1. The molecule has 162 valence electrons. The smallest absolute Gasteiger partial charge is 0.338 e. The summed E-state index contributed by atoms with van der Waals surface area (Å²) in [6.45, 7) is 1.00. The van der Waals surface area contributed by atoms with Gasteiger partial charge in [0, 0.05) is 33.5 Å². The van der Waals surface area contributed by atoms with E-state index in [2.05, 4.69) is 5.32 Å². The van der Waals surface area contributed by atoms with Crippen LogP contribution in [0.4, 0.5) is 11.4 Å². The van der Waals surface area contributed by atoms with E-state index in [0.29, 0.717) is 21.8 Å². The van der Waals surface area contributed by atoms with E-state index in [4.69, 9.17) is 16.3 Å². The summed E-state index contributed by atoms with van der Waals surface area (Å²) in [5.74, 6) is -1.64. The van der Waals surface area contributed by atoms with E-state index in [1.54, 1.807) is 31.2 Å². The maximum atomic E-state index is 12.2. The second kappa shape index (κ2) is 9.84. The van der Waals surface area contributed by atoms with Gasteiger partial charge in [-0.3, -0.25) is 19.7 Å². The molecule has 0 unspecified atom stereocenters. The number of anilines is 1. The standard InChI is InChI=1S/C23H17ClN2O6/c1-14-2-3-17(12-20(14)26(30)31)21(27)13-32-23(29)16-6-10-19(11-7-16)25-22(28)15-4-8-18(24)9-5-15/h2-12H,13H2,1H3,(H,25,28). The molecule has 8 nitrogen and oxygen atoms in total. The van der Waals surface area contributed by atoms with E-state index in [-0.39, 0.29) is 22.7 Å². The van der Waals surface area contributed by atoms with Crippen molar-refractivity contribution in [1.82, 2.24) is 0 Å². The van der Waals surface area contributed by atoms with Crippen molar-refractivity contribution in [1.29, 1.82) is 0 Å². The fraction of sp³-hybridized carbons (Fsp3) is 0.0870. The third-order valence-electron chi connectivity index (χ3n) is 4.55. The monoisotopic (exact) mass is 452 g/mol. The summed E-state index contributed by atoms with van der Waals surface area (Å²) in [5, 5.41) is 14.2. The van der Waals surface area contributed by atoms with Crippen LogP contribution in [0.3, 0.4) is 0 Å². The Labute approximate surface area is 187 Å². The lowest BCUT2D eigenvalue weighted by atomic mass is 10.1. The lowest BCUT2D eigenvalue weighted by molar-refractivity contribution is -0.385. The Morgan fingerprint density at radius 3 is 2.16 bits per heavy atom. The topological polar surface area (TPSA) is 116 Å². The number of nitro groups is 1. The molecule has 3 aromatic rings. The highest BCUT2D eigenvalue weighted by molar-refractivity contribution is 6.30. The molecule has 0 radical (unpaired) electrons. The third kappa shape index (κ3) is 5.55. The first-order valence-corrected chi connectivity index (χ1v) is 9.75. The Morgan fingerprint density at radius 1 is 0.938 bits per heavy atom. The van der Waals surface area contributed by atoms with Crippen molar-refractivity contribution in [3.05, 3.63) is 104 Å². The number of benzene rings is 3. The first-order valence-electron chi connectivity index (χ1n) is 9.37. The molecule has 1 amide bonds. The molecule has 0 atom stereocenters. The van der Waals surface area contributed by atoms with E-state index < -0.39 is 23.3 Å². The number of carbonyl (C=O) groups is 3. The van der Waals surface area contributed by atoms with Gasteiger partial charge in [-0.1, -0.05) is 23.7 Å². The fourth-order valence-corrected chi connectivity index (χ4v) is 2.90. The van der Waals surface area contributed by atoms with Crippen molar-refractivity contribution in [2.75, 3.05) is 11.9 Å². The number of rotatable bonds is 7. The number of hydrogen-bond donors (Lipinski definition) is 1. The van der Waals surface area contributed by atoms with Crippen LogP contribution in [0.2, 0.25) is 5.02 Å². The largest absolute Gasteiger partial charge is 0.454 e. The quantitative estimate of drug-likeness (QED) is 0.237. The van der Waals surface area contributed by atoms with Crippen LogP contribution >= 0.6 is 11.6 Å². The van der Waals surface area contributed by atoms with E-state index >= 15 is 0 Å². The van der Waals surface area contributed by atoms with Gasteiger partial charge >= 0.3 is 5.97 Å². The Morgan fingerprint density at radius 2 is 1.53 bits per heavy atom. The summed E-state index contributed by atoms with van der Waals surface area (Å²) in [7, 11) is 0. The number of carbonyl (C=O) groups excluding carboxylic acids is 3. The molecule has 0 aliphatic carbocycles. The van der Waals surface area contributed by atoms with E-state index in [1.165, 1.54) is 36.4 Å². The maximum Gasteiger partial charge on any atom is 0.338 e. The molecule has 0 saturated carbocycles. The van der Waals surface area contributed by atoms with Crippen LogP contribution in [0.5, 0.6) is 0 Å². The second-order valence-corrected chi connectivity index (χ2v) is 7.23. The molecule has 32 heavy (non-hydrogen) atoms. The minimum atomic E-state index is -0.740. The number of amides is 1. The average Bonchev–Trinajstić information content (AvgIpc) is 2.78. The predicted octanol–water partition coefficient (Wildman–Crippen LogP) is 4.85. The summed E-state index contributed by atoms with van der Waals surface area (Å²) >= 11 is 5.81. The zero-order valence-electron chi connectivity index (χ0n) is 16.8. The third-order valence-corrected chi connectivity index (χ3v) is 4.80. The molecule has 0 heterocycles. The van der Waals surface area contributed by atoms with Crippen LogP contribution in [0.1, 0.15) is 36.6 Å². The number of hydrogen-bond acceptors (Lipinski definition) is 6. The van der Waals surface area contributed by atoms with Crippen molar-refractivity contribution >= 4 is 40.6 Å². The van der Waals surface area contributed by atoms with Gasteiger partial charge in [0.05, 0.1) is 10.5 Å². The van der Waals surface area contributed by atoms with E-state index in [0.717, 1.165) is 6.07 Å². The SMILES string of the molecule is Cc1ccc(C(=O)COC(=O)c2ccc(NC(=O)c3ccc(Cl)cc3)cc2)cc1[N+](=O)[O-]. The molecule has 3 rings (SSSR count). The van der Waals surface area contributed by atoms with Gasteiger partial charge in [-0.15, -0.1) is 0 Å². The molecule has 0 saturated heterocycles. The van der Waals surface area contributed by atoms with Crippen molar-refractivity contribution in [2.45, 2.75) is 6.92 Å². The number of halogens is 1. The van der Waals surface area contributed by atoms with Crippen LogP contribution in [0.25, 0.3) is 0 Å². The number of esters is 1. The molecular formula is C23H17ClN2O6. The fourth-order valence-electron chi connectivity index (χ4n) is 2.77. The van der Waals surface area contributed by atoms with Gasteiger partial charge in [-0.25, -0.2) is 4.79 Å². The molecule has 0 aromatic heterocycles. The van der Waals surface area contributed by atoms with Crippen LogP contribution in [-0.4, -0.2) is 29.2 Å². The summed E-state index contributed by atoms with van der Waals surface area (Å²) in [5.41, 5.74) is 1.38. The Bertz CT molecular complexity index is 1190. The maximum absolute atomic E-state index is 12.2. The number of ether oxygens (including phenoxy) is 1. The molecule has 0 fully saturated rings. The number of ketones is 1. The Kier molecular flexibility index (Phi) is 6.97. The molecule has 0 spiro atoms. The molecule has 1 N–H and O–H groups in total. The van der Waals surface area contributed by atoms with Gasteiger partial charge in [0.15, 0.2) is 6.61 Å². The van der Waals surface area contributed by atoms with Crippen LogP contribution in [-0.2, 0) is 4.74 Å². The van der Waals surface area contributed by atoms with Crippen LogP contribution in [0, 0.1) is 17.0 Å². The lowest BCUT2D eigenvalue weighted by Crippen LogP contribution is -2.15. The molecular weight excluding hydrogens is 436 g/mol. The van der Waals surface area contributed by atoms with Crippen molar-refractivity contribution < 1.29 is 24.0 Å². The Balaban J connectivity index is 1.58. The predicted molar refractivity (Wildman–Crippen MR) is 118 cm³/mol. The molecule has 9 heteroatoms. The zero-order valence-corrected chi connectivity index (χ0v) is 17.6. The van der Waals surface area contributed by atoms with Gasteiger partial charge in [-0.05, 0) is 55.5 Å². The van der Waals surface area contributed by atoms with Crippen molar-refractivity contribution in [3.63, 3.8) is 0 Å². The molecule has 3 aromatic carbocycles. The van der Waals surface area contributed by atoms with Crippen molar-refractivity contribution in [2.24, 2.45) is 0 Å². The number of aryl methyl sites for hydroxylation is 1. The van der Waals surface area contributed by atoms with E-state index in [9.17, 15) is 24.5 Å². The minimum absolute atomic E-state index is 0.0790. The molecule has 0 bridgehead atoms.